The first kappa shape index (κ1) is 19.2. The molecule has 2 heterocycles. The monoisotopic (exact) mass is 369 g/mol. The number of methoxy groups -OCH3 is 1. The highest BCUT2D eigenvalue weighted by atomic mass is 16.5. The van der Waals surface area contributed by atoms with Crippen LogP contribution in [0.2, 0.25) is 0 Å². The Kier molecular flexibility index (Phi) is 7.04. The number of benzene rings is 1. The van der Waals surface area contributed by atoms with E-state index in [1.807, 2.05) is 24.3 Å². The van der Waals surface area contributed by atoms with Gasteiger partial charge in [-0.05, 0) is 55.5 Å². The van der Waals surface area contributed by atoms with Gasteiger partial charge >= 0.3 is 0 Å². The number of aryl methyl sites for hydroxylation is 1. The number of anilines is 1. The molecule has 0 bridgehead atoms. The van der Waals surface area contributed by atoms with Crippen LogP contribution in [0.15, 0.2) is 42.6 Å². The molecule has 1 aliphatic heterocycles. The molecular weight excluding hydrogens is 342 g/mol. The Morgan fingerprint density at radius 3 is 2.63 bits per heavy atom. The first-order valence-corrected chi connectivity index (χ1v) is 9.46. The summed E-state index contributed by atoms with van der Waals surface area (Å²) in [4.78, 5) is 16.6. The molecular formula is C21H27N3O3. The number of pyridine rings is 1. The third-order valence-corrected chi connectivity index (χ3v) is 4.69. The van der Waals surface area contributed by atoms with Crippen molar-refractivity contribution in [3.63, 3.8) is 0 Å². The predicted octanol–water partition coefficient (Wildman–Crippen LogP) is 3.04. The summed E-state index contributed by atoms with van der Waals surface area (Å²) in [5, 5.41) is 6.35. The Morgan fingerprint density at radius 2 is 1.96 bits per heavy atom. The Bertz CT molecular complexity index is 710. The molecule has 0 saturated carbocycles. The lowest BCUT2D eigenvalue weighted by Gasteiger charge is -2.23. The average Bonchev–Trinajstić information content (AvgIpc) is 2.73. The van der Waals surface area contributed by atoms with E-state index < -0.39 is 0 Å². The first-order valence-electron chi connectivity index (χ1n) is 9.46. The third-order valence-electron chi connectivity index (χ3n) is 4.69. The van der Waals surface area contributed by atoms with Crippen molar-refractivity contribution in [1.82, 2.24) is 10.3 Å². The highest BCUT2D eigenvalue weighted by Crippen LogP contribution is 2.14. The van der Waals surface area contributed by atoms with Crippen LogP contribution < -0.4 is 15.4 Å². The van der Waals surface area contributed by atoms with E-state index >= 15 is 0 Å². The number of hydrogen-bond donors (Lipinski definition) is 2. The predicted molar refractivity (Wildman–Crippen MR) is 105 cm³/mol. The van der Waals surface area contributed by atoms with Crippen LogP contribution in [0.3, 0.4) is 0 Å². The van der Waals surface area contributed by atoms with Gasteiger partial charge in [0.2, 0.25) is 0 Å². The van der Waals surface area contributed by atoms with Crippen LogP contribution in [0.1, 0.15) is 35.2 Å². The van der Waals surface area contributed by atoms with E-state index in [9.17, 15) is 4.79 Å². The fourth-order valence-corrected chi connectivity index (χ4v) is 3.05. The average molecular weight is 369 g/mol. The van der Waals surface area contributed by atoms with Crippen molar-refractivity contribution in [1.29, 1.82) is 0 Å². The fraction of sp³-hybridized carbons (Fsp3) is 0.429. The topological polar surface area (TPSA) is 72.5 Å². The van der Waals surface area contributed by atoms with Gasteiger partial charge in [-0.25, -0.2) is 4.98 Å². The number of rotatable bonds is 8. The molecule has 1 aromatic heterocycles. The van der Waals surface area contributed by atoms with Crippen LogP contribution in [0.4, 0.5) is 5.82 Å². The van der Waals surface area contributed by atoms with Crippen molar-refractivity contribution in [2.75, 3.05) is 32.2 Å². The lowest BCUT2D eigenvalue weighted by Crippen LogP contribution is -2.28. The summed E-state index contributed by atoms with van der Waals surface area (Å²) in [6.45, 7) is 2.20. The quantitative estimate of drug-likeness (QED) is 0.700. The van der Waals surface area contributed by atoms with E-state index in [-0.39, 0.29) is 5.91 Å². The third kappa shape index (κ3) is 5.96. The second-order valence-corrected chi connectivity index (χ2v) is 6.67. The zero-order valence-electron chi connectivity index (χ0n) is 15.7. The maximum atomic E-state index is 12.2. The number of carbonyl (C=O) groups excluding carboxylic acids is 1. The molecule has 6 heteroatoms. The van der Waals surface area contributed by atoms with E-state index in [0.29, 0.717) is 18.2 Å². The normalized spacial score (nSPS) is 14.6. The lowest BCUT2D eigenvalue weighted by molar-refractivity contribution is 0.0904. The van der Waals surface area contributed by atoms with Gasteiger partial charge in [-0.2, -0.15) is 0 Å². The van der Waals surface area contributed by atoms with E-state index in [2.05, 4.69) is 27.8 Å². The Morgan fingerprint density at radius 1 is 1.19 bits per heavy atom. The van der Waals surface area contributed by atoms with Crippen LogP contribution in [0, 0.1) is 0 Å². The molecule has 6 nitrogen and oxygen atoms in total. The van der Waals surface area contributed by atoms with Crippen LogP contribution in [-0.4, -0.2) is 43.8 Å². The molecule has 3 rings (SSSR count). The Hall–Kier alpha value is -2.60. The summed E-state index contributed by atoms with van der Waals surface area (Å²) in [7, 11) is 1.66. The van der Waals surface area contributed by atoms with Gasteiger partial charge in [0.15, 0.2) is 0 Å². The van der Waals surface area contributed by atoms with Crippen molar-refractivity contribution in [2.45, 2.75) is 31.7 Å². The van der Waals surface area contributed by atoms with Crippen molar-refractivity contribution < 1.29 is 14.3 Å². The van der Waals surface area contributed by atoms with Gasteiger partial charge in [-0.3, -0.25) is 4.79 Å². The number of nitrogens with one attached hydrogen (secondary N) is 2. The summed E-state index contributed by atoms with van der Waals surface area (Å²) < 4.78 is 10.5. The van der Waals surface area contributed by atoms with Gasteiger partial charge < -0.3 is 20.1 Å². The standard InChI is InChI=1S/C21H27N3O3/c1-26-19-7-4-16(5-8-19)3-2-12-22-21(25)17-6-9-20(23-15-17)24-18-10-13-27-14-11-18/h4-9,15,18H,2-3,10-14H2,1H3,(H,22,25)(H,23,24). The number of aromatic nitrogens is 1. The molecule has 0 atom stereocenters. The molecule has 0 radical (unpaired) electrons. The zero-order valence-corrected chi connectivity index (χ0v) is 15.7. The number of carbonyl (C=O) groups is 1. The zero-order chi connectivity index (χ0) is 18.9. The maximum Gasteiger partial charge on any atom is 0.252 e. The fourth-order valence-electron chi connectivity index (χ4n) is 3.05. The second-order valence-electron chi connectivity index (χ2n) is 6.67. The SMILES string of the molecule is COc1ccc(CCCNC(=O)c2ccc(NC3CCOCC3)nc2)cc1. The molecule has 2 aromatic rings. The highest BCUT2D eigenvalue weighted by Gasteiger charge is 2.14. The van der Waals surface area contributed by atoms with E-state index in [4.69, 9.17) is 9.47 Å². The van der Waals surface area contributed by atoms with Gasteiger partial charge in [0, 0.05) is 32.0 Å². The summed E-state index contributed by atoms with van der Waals surface area (Å²) in [5.41, 5.74) is 1.81. The van der Waals surface area contributed by atoms with Gasteiger partial charge in [0.1, 0.15) is 11.6 Å². The summed E-state index contributed by atoms with van der Waals surface area (Å²) in [6.07, 6.45) is 5.39. The van der Waals surface area contributed by atoms with Crippen LogP contribution >= 0.6 is 0 Å². The Labute approximate surface area is 160 Å². The molecule has 0 unspecified atom stereocenters. The Balaban J connectivity index is 1.39. The number of nitrogens with zero attached hydrogens (tertiary/aromatic N) is 1. The second kappa shape index (κ2) is 9.92. The molecule has 1 fully saturated rings. The van der Waals surface area contributed by atoms with Crippen molar-refractivity contribution in [3.8, 4) is 5.75 Å². The van der Waals surface area contributed by atoms with Gasteiger partial charge in [-0.15, -0.1) is 0 Å². The van der Waals surface area contributed by atoms with Crippen molar-refractivity contribution >= 4 is 11.7 Å². The lowest BCUT2D eigenvalue weighted by atomic mass is 10.1. The summed E-state index contributed by atoms with van der Waals surface area (Å²) >= 11 is 0. The first-order chi connectivity index (χ1) is 13.2. The van der Waals surface area contributed by atoms with E-state index in [1.165, 1.54) is 5.56 Å². The maximum absolute atomic E-state index is 12.2. The highest BCUT2D eigenvalue weighted by molar-refractivity contribution is 5.94. The minimum absolute atomic E-state index is 0.0881. The molecule has 1 saturated heterocycles. The van der Waals surface area contributed by atoms with E-state index in [0.717, 1.165) is 50.5 Å². The smallest absolute Gasteiger partial charge is 0.252 e. The minimum Gasteiger partial charge on any atom is -0.497 e. The molecule has 1 amide bonds. The van der Waals surface area contributed by atoms with Crippen molar-refractivity contribution in [3.05, 3.63) is 53.7 Å². The van der Waals surface area contributed by atoms with Gasteiger partial charge in [-0.1, -0.05) is 12.1 Å². The molecule has 0 aliphatic carbocycles. The van der Waals surface area contributed by atoms with Crippen LogP contribution in [0.5, 0.6) is 5.75 Å². The largest absolute Gasteiger partial charge is 0.497 e. The number of amides is 1. The number of ether oxygens (including phenoxy) is 2. The molecule has 1 aromatic carbocycles. The van der Waals surface area contributed by atoms with Crippen LogP contribution in [0.25, 0.3) is 0 Å². The molecule has 27 heavy (non-hydrogen) atoms. The van der Waals surface area contributed by atoms with Gasteiger partial charge in [0.05, 0.1) is 12.7 Å². The molecule has 144 valence electrons. The number of hydrogen-bond acceptors (Lipinski definition) is 5. The minimum atomic E-state index is -0.0881. The summed E-state index contributed by atoms with van der Waals surface area (Å²) in [5.74, 6) is 1.57. The molecule has 1 aliphatic rings. The molecule has 0 spiro atoms. The summed E-state index contributed by atoms with van der Waals surface area (Å²) in [6, 6.07) is 12.1. The van der Waals surface area contributed by atoms with Crippen molar-refractivity contribution in [2.24, 2.45) is 0 Å². The van der Waals surface area contributed by atoms with Gasteiger partial charge in [0.25, 0.3) is 5.91 Å². The molecule has 2 N–H and O–H groups in total. The van der Waals surface area contributed by atoms with Crippen LogP contribution in [-0.2, 0) is 11.2 Å². The van der Waals surface area contributed by atoms with E-state index in [1.54, 1.807) is 13.3 Å².